The van der Waals surface area contributed by atoms with Gasteiger partial charge in [0.2, 0.25) is 0 Å². The molecule has 12 heteroatoms. The average Bonchev–Trinajstić information content (AvgIpc) is 2.29. The third kappa shape index (κ3) is 184. The van der Waals surface area contributed by atoms with E-state index < -0.39 is 5.97 Å². The van der Waals surface area contributed by atoms with Crippen molar-refractivity contribution in [2.24, 2.45) is 5.73 Å². The van der Waals surface area contributed by atoms with Gasteiger partial charge in [-0.15, -0.1) is 0 Å². The number of aliphatic carboxylic acids is 1. The Labute approximate surface area is 120 Å². The van der Waals surface area contributed by atoms with Crippen LogP contribution in [-0.2, 0) is 31.0 Å². The third-order valence-corrected chi connectivity index (χ3v) is 0.175. The van der Waals surface area contributed by atoms with E-state index in [1.807, 2.05) is 0 Å². The molecule has 0 radical (unpaired) electrons. The van der Waals surface area contributed by atoms with Crippen molar-refractivity contribution in [1.82, 2.24) is 0 Å². The van der Waals surface area contributed by atoms with Gasteiger partial charge in [0.05, 0.1) is 54.0 Å². The van der Waals surface area contributed by atoms with Gasteiger partial charge in [-0.05, 0) is 0 Å². The van der Waals surface area contributed by atoms with Gasteiger partial charge in [-0.2, -0.15) is 0 Å². The number of halogens is 4. The fraction of sp³-hybridized carbons (Fsp3) is 0.500. The summed E-state index contributed by atoms with van der Waals surface area (Å²) in [6.45, 7) is -0.278. The Kier molecular flexibility index (Phi) is 232. The number of carboxylic acids is 1. The largest absolute Gasteiger partial charge is 0.480 e. The zero-order valence-electron chi connectivity index (χ0n) is 6.44. The number of nitrogens with two attached hydrogens (primary N) is 1. The third-order valence-electron chi connectivity index (χ3n) is 0.175. The first-order valence-electron chi connectivity index (χ1n) is 1.87. The smallest absolute Gasteiger partial charge is 0.317 e. The molecule has 0 saturated heterocycles. The van der Waals surface area contributed by atoms with Crippen LogP contribution in [0, 0.1) is 0 Å². The molecule has 0 saturated carbocycles. The van der Waals surface area contributed by atoms with E-state index >= 15 is 0 Å². The molecule has 0 fully saturated rings. The van der Waals surface area contributed by atoms with Crippen molar-refractivity contribution < 1.29 is 54.7 Å². The molecule has 0 aromatic heterocycles. The second kappa shape index (κ2) is 89.9. The van der Waals surface area contributed by atoms with E-state index in [0.717, 1.165) is 0 Å². The first kappa shape index (κ1) is 36.2. The Hall–Kier alpha value is 1.31. The summed E-state index contributed by atoms with van der Waals surface area (Å²) in [6, 6.07) is 0. The molecule has 0 heterocycles. The summed E-state index contributed by atoms with van der Waals surface area (Å²) in [5, 5.41) is 7.60. The van der Waals surface area contributed by atoms with Crippen LogP contribution in [0.2, 0.25) is 0 Å². The SMILES string of the molecule is NCC(=O)O.OCl.OCl.OCl.OCl.[Zr]. The maximum atomic E-state index is 9.24. The van der Waals surface area contributed by atoms with Gasteiger partial charge in [-0.1, -0.05) is 0 Å². The molecule has 0 unspecified atom stereocenters. The van der Waals surface area contributed by atoms with E-state index in [1.54, 1.807) is 0 Å². The fourth-order valence-electron chi connectivity index (χ4n) is 0. The van der Waals surface area contributed by atoms with Crippen LogP contribution in [0.3, 0.4) is 0 Å². The second-order valence-corrected chi connectivity index (χ2v) is 0.598. The molecule has 7 nitrogen and oxygen atoms in total. The van der Waals surface area contributed by atoms with E-state index in [1.165, 1.54) is 0 Å². The summed E-state index contributed by atoms with van der Waals surface area (Å²) in [7, 11) is 0. The molecule has 0 aliphatic heterocycles. The minimum absolute atomic E-state index is 0. The first-order chi connectivity index (χ1) is 6.27. The quantitative estimate of drug-likeness (QED) is 0.364. The Bertz CT molecular complexity index is 63.1. The molecule has 7 N–H and O–H groups in total. The monoisotopic (exact) mass is 373 g/mol. The summed E-state index contributed by atoms with van der Waals surface area (Å²) in [6.07, 6.45) is 0. The predicted octanol–water partition coefficient (Wildman–Crippen LogP) is -0.443. The van der Waals surface area contributed by atoms with Crippen molar-refractivity contribution in [2.45, 2.75) is 0 Å². The molecule has 90 valence electrons. The molecule has 0 atom stereocenters. The van der Waals surface area contributed by atoms with Gasteiger partial charge < -0.3 is 10.8 Å². The van der Waals surface area contributed by atoms with E-state index in [-0.39, 0.29) is 32.7 Å². The van der Waals surface area contributed by atoms with Crippen molar-refractivity contribution in [3.63, 3.8) is 0 Å². The van der Waals surface area contributed by atoms with Crippen LogP contribution < -0.4 is 5.73 Å². The Morgan fingerprint density at radius 2 is 1.00 bits per heavy atom. The molecule has 0 spiro atoms. The van der Waals surface area contributed by atoms with Crippen molar-refractivity contribution in [3.05, 3.63) is 0 Å². The fourth-order valence-corrected chi connectivity index (χ4v) is 0. The van der Waals surface area contributed by atoms with Crippen molar-refractivity contribution in [2.75, 3.05) is 6.54 Å². The maximum absolute atomic E-state index is 9.24. The van der Waals surface area contributed by atoms with Crippen LogP contribution in [-0.4, -0.2) is 36.3 Å². The second-order valence-electron chi connectivity index (χ2n) is 0.598. The summed E-state index contributed by atoms with van der Waals surface area (Å²) >= 11 is 14.6. The van der Waals surface area contributed by atoms with Gasteiger partial charge in [0, 0.05) is 26.2 Å². The van der Waals surface area contributed by atoms with Crippen molar-refractivity contribution >= 4 is 53.4 Å². The molecule has 0 aliphatic rings. The average molecular weight is 376 g/mol. The number of rotatable bonds is 1. The Balaban J connectivity index is -0.0000000156. The van der Waals surface area contributed by atoms with Gasteiger partial charge >= 0.3 is 5.97 Å². The number of carboxylic acid groups (broad SMARTS) is 1. The number of hydrogen-bond acceptors (Lipinski definition) is 6. The van der Waals surface area contributed by atoms with Crippen LogP contribution in [0.1, 0.15) is 0 Å². The van der Waals surface area contributed by atoms with Crippen LogP contribution in [0.5, 0.6) is 0 Å². The van der Waals surface area contributed by atoms with Gasteiger partial charge in [0.1, 0.15) is 0 Å². The summed E-state index contributed by atoms with van der Waals surface area (Å²) in [4.78, 5) is 9.24. The van der Waals surface area contributed by atoms with Crippen LogP contribution in [0.25, 0.3) is 0 Å². The topological polar surface area (TPSA) is 144 Å². The minimum atomic E-state index is -0.968. The van der Waals surface area contributed by atoms with Crippen LogP contribution in [0.4, 0.5) is 0 Å². The summed E-state index contributed by atoms with van der Waals surface area (Å²) < 4.78 is 25.9. The minimum Gasteiger partial charge on any atom is -0.480 e. The van der Waals surface area contributed by atoms with Crippen LogP contribution >= 0.6 is 47.5 Å². The number of carbonyl (C=O) groups is 1. The molecule has 0 amide bonds. The van der Waals surface area contributed by atoms with Gasteiger partial charge in [0.15, 0.2) is 0 Å². The first-order valence-corrected chi connectivity index (χ1v) is 3.22. The molecule has 0 aromatic carbocycles. The summed E-state index contributed by atoms with van der Waals surface area (Å²) in [5.74, 6) is -0.968. The molecule has 14 heavy (non-hydrogen) atoms. The molecular weight excluding hydrogens is 367 g/mol. The molecule has 0 aliphatic carbocycles. The predicted molar refractivity (Wildman–Crippen MR) is 49.0 cm³/mol. The standard InChI is InChI=1S/C2H5NO2.4ClHO.Zr/c3-1-2(4)5;4*1-2;/h1,3H2,(H,4,5);4*2H;. The van der Waals surface area contributed by atoms with Gasteiger partial charge in [-0.25, -0.2) is 0 Å². The molecular formula is C2H9Cl4NO6Zr. The zero-order valence-corrected chi connectivity index (χ0v) is 11.9. The van der Waals surface area contributed by atoms with Crippen molar-refractivity contribution in [3.8, 4) is 0 Å². The molecule has 0 aromatic rings. The molecule has 0 bridgehead atoms. The maximum Gasteiger partial charge on any atom is 0.317 e. The van der Waals surface area contributed by atoms with Gasteiger partial charge in [0.25, 0.3) is 0 Å². The normalized spacial score (nSPS) is 4.36. The van der Waals surface area contributed by atoms with Crippen molar-refractivity contribution in [1.29, 1.82) is 0 Å². The van der Waals surface area contributed by atoms with Gasteiger partial charge in [-0.3, -0.25) is 23.4 Å². The Morgan fingerprint density at radius 1 is 0.929 bits per heavy atom. The Morgan fingerprint density at radius 3 is 1.00 bits per heavy atom. The molecule has 0 rings (SSSR count). The number of hydrogen-bond donors (Lipinski definition) is 6. The van der Waals surface area contributed by atoms with E-state index in [9.17, 15) is 4.79 Å². The van der Waals surface area contributed by atoms with E-state index in [4.69, 9.17) is 23.7 Å². The van der Waals surface area contributed by atoms with E-state index in [0.29, 0.717) is 0 Å². The zero-order chi connectivity index (χ0) is 12.3. The van der Waals surface area contributed by atoms with E-state index in [2.05, 4.69) is 53.2 Å². The summed E-state index contributed by atoms with van der Waals surface area (Å²) in [5.41, 5.74) is 4.57. The van der Waals surface area contributed by atoms with Crippen LogP contribution in [0.15, 0.2) is 0 Å².